The van der Waals surface area contributed by atoms with Crippen LogP contribution in [0, 0.1) is 5.82 Å². The molecule has 6 nitrogen and oxygen atoms in total. The zero-order valence-electron chi connectivity index (χ0n) is 17.0. The van der Waals surface area contributed by atoms with Gasteiger partial charge in [-0.2, -0.15) is 0 Å². The van der Waals surface area contributed by atoms with E-state index in [9.17, 15) is 14.0 Å². The molecule has 156 valence electrons. The fourth-order valence-electron chi connectivity index (χ4n) is 2.66. The second-order valence-electron chi connectivity index (χ2n) is 6.58. The molecule has 0 aliphatic rings. The molecule has 0 fully saturated rings. The van der Waals surface area contributed by atoms with Crippen molar-refractivity contribution in [2.75, 3.05) is 20.3 Å². The van der Waals surface area contributed by atoms with E-state index >= 15 is 0 Å². The van der Waals surface area contributed by atoms with Crippen molar-refractivity contribution in [1.29, 1.82) is 0 Å². The van der Waals surface area contributed by atoms with Gasteiger partial charge in [0.15, 0.2) is 6.61 Å². The number of carbonyl (C=O) groups excluding carboxylic acids is 2. The van der Waals surface area contributed by atoms with Crippen molar-refractivity contribution in [2.24, 2.45) is 0 Å². The lowest BCUT2D eigenvalue weighted by Crippen LogP contribution is -2.49. The fourth-order valence-corrected chi connectivity index (χ4v) is 2.66. The molecule has 0 heterocycles. The van der Waals surface area contributed by atoms with Crippen LogP contribution in [0.2, 0.25) is 0 Å². The van der Waals surface area contributed by atoms with Crippen LogP contribution in [0.1, 0.15) is 25.8 Å². The number of benzene rings is 2. The molecule has 2 aromatic carbocycles. The highest BCUT2D eigenvalue weighted by atomic mass is 19.1. The van der Waals surface area contributed by atoms with Crippen molar-refractivity contribution in [3.63, 3.8) is 0 Å². The quantitative estimate of drug-likeness (QED) is 0.663. The average Bonchev–Trinajstić information content (AvgIpc) is 2.75. The third-order valence-corrected chi connectivity index (χ3v) is 4.40. The van der Waals surface area contributed by atoms with Gasteiger partial charge in [0.1, 0.15) is 23.4 Å². The molecule has 2 amide bonds. The summed E-state index contributed by atoms with van der Waals surface area (Å²) in [5.74, 6) is 0.137. The first kappa shape index (κ1) is 22.2. The molecule has 0 aromatic heterocycles. The van der Waals surface area contributed by atoms with Gasteiger partial charge in [-0.05, 0) is 55.3 Å². The van der Waals surface area contributed by atoms with Gasteiger partial charge in [-0.1, -0.05) is 19.1 Å². The standard InChI is InChI=1S/C22H27FN2O4/c1-4-13-24-22(27)16(2)25(14-17-5-9-19(28-3)10-6-17)21(26)15-29-20-11-7-18(23)8-12-20/h5-12,16H,4,13-15H2,1-3H3,(H,24,27)/t16-/m1/s1. The molecule has 29 heavy (non-hydrogen) atoms. The fraction of sp³-hybridized carbons (Fsp3) is 0.364. The summed E-state index contributed by atoms with van der Waals surface area (Å²) in [6.45, 7) is 4.18. The number of carbonyl (C=O) groups is 2. The lowest BCUT2D eigenvalue weighted by molar-refractivity contribution is -0.142. The highest BCUT2D eigenvalue weighted by Crippen LogP contribution is 2.16. The second kappa shape index (κ2) is 11.0. The number of amides is 2. The molecule has 2 aromatic rings. The zero-order chi connectivity index (χ0) is 21.2. The van der Waals surface area contributed by atoms with E-state index in [1.807, 2.05) is 19.1 Å². The van der Waals surface area contributed by atoms with Gasteiger partial charge in [-0.25, -0.2) is 4.39 Å². The van der Waals surface area contributed by atoms with Crippen molar-refractivity contribution in [1.82, 2.24) is 10.2 Å². The Labute approximate surface area is 170 Å². The monoisotopic (exact) mass is 402 g/mol. The number of methoxy groups -OCH3 is 1. The summed E-state index contributed by atoms with van der Waals surface area (Å²) in [5.41, 5.74) is 0.857. The zero-order valence-corrected chi connectivity index (χ0v) is 17.0. The molecule has 0 spiro atoms. The molecule has 0 radical (unpaired) electrons. The Balaban J connectivity index is 2.11. The third kappa shape index (κ3) is 6.78. The Morgan fingerprint density at radius 3 is 2.28 bits per heavy atom. The Hall–Kier alpha value is -3.09. The van der Waals surface area contributed by atoms with Gasteiger partial charge in [0.05, 0.1) is 7.11 Å². The Morgan fingerprint density at radius 2 is 1.69 bits per heavy atom. The van der Waals surface area contributed by atoms with Crippen LogP contribution in [-0.2, 0) is 16.1 Å². The maximum Gasteiger partial charge on any atom is 0.261 e. The Bertz CT molecular complexity index is 793. The summed E-state index contributed by atoms with van der Waals surface area (Å²) >= 11 is 0. The van der Waals surface area contributed by atoms with Gasteiger partial charge >= 0.3 is 0 Å². The van der Waals surface area contributed by atoms with Gasteiger partial charge < -0.3 is 19.7 Å². The average molecular weight is 402 g/mol. The molecule has 0 saturated carbocycles. The molecule has 0 aliphatic carbocycles. The Morgan fingerprint density at radius 1 is 1.07 bits per heavy atom. The van der Waals surface area contributed by atoms with Crippen molar-refractivity contribution in [3.8, 4) is 11.5 Å². The highest BCUT2D eigenvalue weighted by molar-refractivity contribution is 5.87. The number of nitrogens with one attached hydrogen (secondary N) is 1. The molecule has 1 atom stereocenters. The van der Waals surface area contributed by atoms with E-state index in [1.165, 1.54) is 29.2 Å². The first-order valence-corrected chi connectivity index (χ1v) is 9.53. The first-order valence-electron chi connectivity index (χ1n) is 9.53. The number of rotatable bonds is 10. The van der Waals surface area contributed by atoms with Gasteiger partial charge in [0.25, 0.3) is 5.91 Å². The number of halogens is 1. The van der Waals surface area contributed by atoms with Gasteiger partial charge in [0.2, 0.25) is 5.91 Å². The minimum atomic E-state index is -0.673. The molecular weight excluding hydrogens is 375 g/mol. The lowest BCUT2D eigenvalue weighted by Gasteiger charge is -2.28. The van der Waals surface area contributed by atoms with E-state index in [0.29, 0.717) is 18.0 Å². The van der Waals surface area contributed by atoms with Crippen LogP contribution >= 0.6 is 0 Å². The topological polar surface area (TPSA) is 67.9 Å². The number of ether oxygens (including phenoxy) is 2. The second-order valence-corrected chi connectivity index (χ2v) is 6.58. The number of nitrogens with zero attached hydrogens (tertiary/aromatic N) is 1. The summed E-state index contributed by atoms with van der Waals surface area (Å²) < 4.78 is 23.7. The van der Waals surface area contributed by atoms with Crippen molar-refractivity contribution in [3.05, 3.63) is 59.9 Å². The maximum absolute atomic E-state index is 13.0. The lowest BCUT2D eigenvalue weighted by atomic mass is 10.1. The van der Waals surface area contributed by atoms with E-state index in [-0.39, 0.29) is 30.8 Å². The molecule has 0 bridgehead atoms. The third-order valence-electron chi connectivity index (χ3n) is 4.40. The molecule has 0 unspecified atom stereocenters. The van der Waals surface area contributed by atoms with Crippen LogP contribution < -0.4 is 14.8 Å². The van der Waals surface area contributed by atoms with Crippen LogP contribution in [0.15, 0.2) is 48.5 Å². The van der Waals surface area contributed by atoms with Gasteiger partial charge in [0, 0.05) is 13.1 Å². The summed E-state index contributed by atoms with van der Waals surface area (Å²) in [6.07, 6.45) is 0.804. The smallest absolute Gasteiger partial charge is 0.261 e. The minimum absolute atomic E-state index is 0.226. The maximum atomic E-state index is 13.0. The largest absolute Gasteiger partial charge is 0.497 e. The molecular formula is C22H27FN2O4. The molecule has 0 saturated heterocycles. The van der Waals surface area contributed by atoms with E-state index in [1.54, 1.807) is 26.2 Å². The van der Waals surface area contributed by atoms with Crippen LogP contribution in [0.4, 0.5) is 4.39 Å². The number of hydrogen-bond acceptors (Lipinski definition) is 4. The van der Waals surface area contributed by atoms with Crippen LogP contribution in [0.3, 0.4) is 0 Å². The van der Waals surface area contributed by atoms with Gasteiger partial charge in [-0.15, -0.1) is 0 Å². The molecule has 0 aliphatic heterocycles. The van der Waals surface area contributed by atoms with Crippen LogP contribution in [-0.4, -0.2) is 43.0 Å². The summed E-state index contributed by atoms with van der Waals surface area (Å²) in [4.78, 5) is 26.8. The number of hydrogen-bond donors (Lipinski definition) is 1. The van der Waals surface area contributed by atoms with Crippen molar-refractivity contribution in [2.45, 2.75) is 32.9 Å². The van der Waals surface area contributed by atoms with E-state index < -0.39 is 6.04 Å². The Kier molecular flexibility index (Phi) is 8.45. The SMILES string of the molecule is CCCNC(=O)[C@@H](C)N(Cc1ccc(OC)cc1)C(=O)COc1ccc(F)cc1. The molecule has 1 N–H and O–H groups in total. The predicted molar refractivity (Wildman–Crippen MR) is 108 cm³/mol. The van der Waals surface area contributed by atoms with E-state index in [0.717, 1.165) is 12.0 Å². The predicted octanol–water partition coefficient (Wildman–Crippen LogP) is 3.16. The minimum Gasteiger partial charge on any atom is -0.497 e. The first-order chi connectivity index (χ1) is 13.9. The van der Waals surface area contributed by atoms with Crippen molar-refractivity contribution >= 4 is 11.8 Å². The summed E-state index contributed by atoms with van der Waals surface area (Å²) in [5, 5.41) is 2.82. The normalized spacial score (nSPS) is 11.4. The highest BCUT2D eigenvalue weighted by Gasteiger charge is 2.26. The van der Waals surface area contributed by atoms with Crippen LogP contribution in [0.5, 0.6) is 11.5 Å². The van der Waals surface area contributed by atoms with Crippen LogP contribution in [0.25, 0.3) is 0 Å². The summed E-state index contributed by atoms with van der Waals surface area (Å²) in [7, 11) is 1.58. The molecule has 7 heteroatoms. The van der Waals surface area contributed by atoms with E-state index in [4.69, 9.17) is 9.47 Å². The van der Waals surface area contributed by atoms with Gasteiger partial charge in [-0.3, -0.25) is 9.59 Å². The summed E-state index contributed by atoms with van der Waals surface area (Å²) in [6, 6.07) is 12.0. The molecule has 2 rings (SSSR count). The van der Waals surface area contributed by atoms with E-state index in [2.05, 4.69) is 5.32 Å². The van der Waals surface area contributed by atoms with Crippen molar-refractivity contribution < 1.29 is 23.5 Å².